The Hall–Kier alpha value is -2.17. The zero-order chi connectivity index (χ0) is 14.2. The highest BCUT2D eigenvalue weighted by Crippen LogP contribution is 2.29. The minimum absolute atomic E-state index is 0.421. The molecule has 0 radical (unpaired) electrons. The van der Waals surface area contributed by atoms with E-state index in [0.717, 1.165) is 16.5 Å². The summed E-state index contributed by atoms with van der Waals surface area (Å²) in [5, 5.41) is 17.1. The van der Waals surface area contributed by atoms with Crippen LogP contribution in [-0.4, -0.2) is 10.2 Å². The molecule has 0 aliphatic heterocycles. The molecule has 0 saturated carbocycles. The van der Waals surface area contributed by atoms with Crippen LogP contribution in [0.1, 0.15) is 0 Å². The van der Waals surface area contributed by atoms with Crippen molar-refractivity contribution in [1.82, 2.24) is 10.2 Å². The average Bonchev–Trinajstić information content (AvgIpc) is 2.98. The fourth-order valence-electron chi connectivity index (χ4n) is 2.34. The van der Waals surface area contributed by atoms with Gasteiger partial charge in [-0.2, -0.15) is 0 Å². The number of thiophene rings is 1. The Kier molecular flexibility index (Phi) is 2.98. The third-order valence-electron chi connectivity index (χ3n) is 3.36. The van der Waals surface area contributed by atoms with E-state index >= 15 is 0 Å². The van der Waals surface area contributed by atoms with Gasteiger partial charge in [0.05, 0.1) is 0 Å². The summed E-state index contributed by atoms with van der Waals surface area (Å²) in [7, 11) is 0. The minimum Gasteiger partial charge on any atom is -0.338 e. The zero-order valence-electron chi connectivity index (χ0n) is 10.9. The number of hydrogen-bond acceptors (Lipinski definition) is 4. The highest BCUT2D eigenvalue weighted by atomic mass is 35.5. The van der Waals surface area contributed by atoms with E-state index in [0.29, 0.717) is 11.0 Å². The van der Waals surface area contributed by atoms with Crippen LogP contribution in [0.2, 0.25) is 5.15 Å². The van der Waals surface area contributed by atoms with Crippen LogP contribution in [0.15, 0.2) is 53.9 Å². The lowest BCUT2D eigenvalue weighted by Gasteiger charge is -2.09. The van der Waals surface area contributed by atoms with Crippen molar-refractivity contribution in [3.63, 3.8) is 0 Å². The van der Waals surface area contributed by atoms with Crippen molar-refractivity contribution in [1.29, 1.82) is 0 Å². The van der Waals surface area contributed by atoms with E-state index < -0.39 is 0 Å². The van der Waals surface area contributed by atoms with Gasteiger partial charge < -0.3 is 5.32 Å². The van der Waals surface area contributed by atoms with Gasteiger partial charge >= 0.3 is 0 Å². The maximum absolute atomic E-state index is 6.10. The first kappa shape index (κ1) is 12.6. The van der Waals surface area contributed by atoms with Gasteiger partial charge in [0.15, 0.2) is 11.0 Å². The van der Waals surface area contributed by atoms with E-state index in [1.54, 1.807) is 11.3 Å². The minimum atomic E-state index is 0.421. The maximum atomic E-state index is 6.10. The molecule has 102 valence electrons. The predicted molar refractivity (Wildman–Crippen MR) is 89.7 cm³/mol. The summed E-state index contributed by atoms with van der Waals surface area (Å²) in [6, 6.07) is 16.2. The van der Waals surface area contributed by atoms with Crippen LogP contribution >= 0.6 is 22.9 Å². The molecule has 0 saturated heterocycles. The van der Waals surface area contributed by atoms with Crippen molar-refractivity contribution < 1.29 is 0 Å². The monoisotopic (exact) mass is 311 g/mol. The van der Waals surface area contributed by atoms with Crippen LogP contribution in [0.25, 0.3) is 20.9 Å². The van der Waals surface area contributed by atoms with Crippen LogP contribution in [0.4, 0.5) is 11.5 Å². The summed E-state index contributed by atoms with van der Waals surface area (Å²) < 4.78 is 1.27. The molecule has 0 bridgehead atoms. The van der Waals surface area contributed by atoms with E-state index in [4.69, 9.17) is 11.6 Å². The predicted octanol–water partition coefficient (Wildman–Crippen LogP) is 5.24. The first-order chi connectivity index (χ1) is 10.3. The number of anilines is 2. The maximum Gasteiger partial charge on any atom is 0.161 e. The van der Waals surface area contributed by atoms with Crippen molar-refractivity contribution in [2.45, 2.75) is 0 Å². The molecule has 0 amide bonds. The van der Waals surface area contributed by atoms with E-state index in [1.165, 1.54) is 10.1 Å². The van der Waals surface area contributed by atoms with Gasteiger partial charge in [-0.05, 0) is 35.0 Å². The molecule has 2 heterocycles. The normalized spacial score (nSPS) is 11.1. The molecule has 4 aromatic rings. The Bertz CT molecular complexity index is 948. The first-order valence-corrected chi connectivity index (χ1v) is 7.72. The van der Waals surface area contributed by atoms with Crippen molar-refractivity contribution in [2.24, 2.45) is 0 Å². The Morgan fingerprint density at radius 3 is 2.71 bits per heavy atom. The van der Waals surface area contributed by atoms with Crippen LogP contribution < -0.4 is 5.32 Å². The number of nitrogens with one attached hydrogen (secondary N) is 1. The van der Waals surface area contributed by atoms with Gasteiger partial charge in [-0.3, -0.25) is 0 Å². The van der Waals surface area contributed by atoms with Crippen LogP contribution in [0, 0.1) is 0 Å². The van der Waals surface area contributed by atoms with Gasteiger partial charge in [0.1, 0.15) is 0 Å². The molecule has 4 rings (SSSR count). The molecule has 1 N–H and O–H groups in total. The van der Waals surface area contributed by atoms with Gasteiger partial charge in [-0.15, -0.1) is 21.5 Å². The average molecular weight is 312 g/mol. The second-order valence-electron chi connectivity index (χ2n) is 4.68. The summed E-state index contributed by atoms with van der Waals surface area (Å²) in [5.74, 6) is 0.713. The van der Waals surface area contributed by atoms with Crippen molar-refractivity contribution >= 4 is 55.3 Å². The molecule has 0 aliphatic carbocycles. The Morgan fingerprint density at radius 2 is 1.81 bits per heavy atom. The fraction of sp³-hybridized carbons (Fsp3) is 0. The zero-order valence-corrected chi connectivity index (χ0v) is 12.4. The molecular weight excluding hydrogens is 302 g/mol. The number of nitrogens with zero attached hydrogens (tertiary/aromatic N) is 2. The van der Waals surface area contributed by atoms with Crippen LogP contribution in [0.5, 0.6) is 0 Å². The fourth-order valence-corrected chi connectivity index (χ4v) is 3.32. The molecule has 0 aliphatic rings. The van der Waals surface area contributed by atoms with Crippen LogP contribution in [-0.2, 0) is 0 Å². The number of rotatable bonds is 2. The lowest BCUT2D eigenvalue weighted by Crippen LogP contribution is -1.97. The van der Waals surface area contributed by atoms with Gasteiger partial charge in [0.25, 0.3) is 0 Å². The van der Waals surface area contributed by atoms with E-state index in [9.17, 15) is 0 Å². The second-order valence-corrected chi connectivity index (χ2v) is 5.99. The third kappa shape index (κ3) is 2.22. The number of benzene rings is 2. The highest BCUT2D eigenvalue weighted by molar-refractivity contribution is 7.17. The highest BCUT2D eigenvalue weighted by Gasteiger charge is 2.08. The molecule has 0 spiro atoms. The van der Waals surface area contributed by atoms with Gasteiger partial charge in [-0.25, -0.2) is 0 Å². The molecular formula is C16H10ClN3S. The smallest absolute Gasteiger partial charge is 0.161 e. The van der Waals surface area contributed by atoms with Crippen LogP contribution in [0.3, 0.4) is 0 Å². The van der Waals surface area contributed by atoms with E-state index in [-0.39, 0.29) is 0 Å². The summed E-state index contributed by atoms with van der Waals surface area (Å²) in [5.41, 5.74) is 0.989. The SMILES string of the molecule is Clc1nnc(Nc2ccc3sccc3c2)c2ccccc12. The molecule has 0 atom stereocenters. The third-order valence-corrected chi connectivity index (χ3v) is 4.53. The first-order valence-electron chi connectivity index (χ1n) is 6.46. The summed E-state index contributed by atoms with van der Waals surface area (Å²) in [6.07, 6.45) is 0. The molecule has 3 nitrogen and oxygen atoms in total. The van der Waals surface area contributed by atoms with Gasteiger partial charge in [-0.1, -0.05) is 35.9 Å². The molecule has 21 heavy (non-hydrogen) atoms. The molecule has 5 heteroatoms. The summed E-state index contributed by atoms with van der Waals surface area (Å²) >= 11 is 7.83. The van der Waals surface area contributed by atoms with E-state index in [2.05, 4.69) is 39.1 Å². The number of hydrogen-bond donors (Lipinski definition) is 1. The largest absolute Gasteiger partial charge is 0.338 e. The quantitative estimate of drug-likeness (QED) is 0.550. The second kappa shape index (κ2) is 4.98. The lowest BCUT2D eigenvalue weighted by molar-refractivity contribution is 1.05. The topological polar surface area (TPSA) is 37.8 Å². The Labute approximate surface area is 130 Å². The summed E-state index contributed by atoms with van der Waals surface area (Å²) in [4.78, 5) is 0. The Balaban J connectivity index is 1.81. The number of fused-ring (bicyclic) bond motifs is 2. The molecule has 0 fully saturated rings. The lowest BCUT2D eigenvalue weighted by atomic mass is 10.2. The number of aromatic nitrogens is 2. The van der Waals surface area contributed by atoms with Crippen molar-refractivity contribution in [3.8, 4) is 0 Å². The molecule has 0 unspecified atom stereocenters. The van der Waals surface area contributed by atoms with Gasteiger partial charge in [0, 0.05) is 21.2 Å². The molecule has 2 aromatic carbocycles. The molecule has 2 aromatic heterocycles. The number of halogens is 1. The summed E-state index contributed by atoms with van der Waals surface area (Å²) in [6.45, 7) is 0. The van der Waals surface area contributed by atoms with Gasteiger partial charge in [0.2, 0.25) is 0 Å². The Morgan fingerprint density at radius 1 is 0.952 bits per heavy atom. The van der Waals surface area contributed by atoms with Crippen molar-refractivity contribution in [2.75, 3.05) is 5.32 Å². The van der Waals surface area contributed by atoms with Crippen molar-refractivity contribution in [3.05, 3.63) is 59.1 Å². The van der Waals surface area contributed by atoms with E-state index in [1.807, 2.05) is 30.3 Å². The standard InChI is InChI=1S/C16H10ClN3S/c17-15-12-3-1-2-4-13(12)16(20-19-15)18-11-5-6-14-10(9-11)7-8-21-14/h1-9H,(H,18,20).